The highest BCUT2D eigenvalue weighted by molar-refractivity contribution is 7.99. The van der Waals surface area contributed by atoms with E-state index in [4.69, 9.17) is 0 Å². The lowest BCUT2D eigenvalue weighted by atomic mass is 10.1. The fraction of sp³-hybridized carbons (Fsp3) is 1.00. The van der Waals surface area contributed by atoms with Gasteiger partial charge in [-0.2, -0.15) is 11.8 Å². The Morgan fingerprint density at radius 2 is 2.00 bits per heavy atom. The van der Waals surface area contributed by atoms with Crippen molar-refractivity contribution in [3.05, 3.63) is 0 Å². The van der Waals surface area contributed by atoms with Crippen LogP contribution in [0, 0.1) is 0 Å². The summed E-state index contributed by atoms with van der Waals surface area (Å²) in [5, 5.41) is 4.36. The number of likely N-dealkylation sites (N-methyl/N-ethyl adjacent to an activating group) is 1. The molecule has 0 aromatic heterocycles. The second kappa shape index (κ2) is 7.73. The maximum absolute atomic E-state index is 3.44. The Bertz CT molecular complexity index is 231. The molecule has 2 rings (SSSR count). The van der Waals surface area contributed by atoms with E-state index in [-0.39, 0.29) is 0 Å². The minimum Gasteiger partial charge on any atom is -0.317 e. The van der Waals surface area contributed by atoms with E-state index in [1.807, 2.05) is 0 Å². The molecule has 2 fully saturated rings. The number of nitrogens with one attached hydrogen (secondary N) is 1. The largest absolute Gasteiger partial charge is 0.317 e. The molecule has 0 amide bonds. The first-order valence-corrected chi connectivity index (χ1v) is 8.59. The summed E-state index contributed by atoms with van der Waals surface area (Å²) in [6.07, 6.45) is 4.02. The molecule has 0 bridgehead atoms. The summed E-state index contributed by atoms with van der Waals surface area (Å²) in [4.78, 5) is 5.19. The Hall–Kier alpha value is 0.230. The first kappa shape index (κ1) is 14.6. The number of hydrogen-bond acceptors (Lipinski definition) is 4. The average Bonchev–Trinajstić information content (AvgIpc) is 2.42. The molecule has 0 spiro atoms. The lowest BCUT2D eigenvalue weighted by molar-refractivity contribution is 0.0981. The summed E-state index contributed by atoms with van der Waals surface area (Å²) in [7, 11) is 2.27. The fourth-order valence-corrected chi connectivity index (χ4v) is 4.23. The van der Waals surface area contributed by atoms with Gasteiger partial charge in [-0.1, -0.05) is 6.92 Å². The Labute approximate surface area is 117 Å². The molecule has 2 heterocycles. The number of nitrogens with zero attached hydrogens (tertiary/aromatic N) is 2. The van der Waals surface area contributed by atoms with Crippen molar-refractivity contribution >= 4 is 11.8 Å². The van der Waals surface area contributed by atoms with E-state index in [2.05, 4.69) is 40.8 Å². The average molecular weight is 271 g/mol. The number of rotatable bonds is 5. The zero-order chi connectivity index (χ0) is 12.8. The highest BCUT2D eigenvalue weighted by Crippen LogP contribution is 2.20. The number of hydrogen-bond donors (Lipinski definition) is 1. The van der Waals surface area contributed by atoms with Gasteiger partial charge in [-0.3, -0.25) is 4.90 Å². The molecule has 1 unspecified atom stereocenters. The van der Waals surface area contributed by atoms with Crippen molar-refractivity contribution in [2.75, 3.05) is 52.1 Å². The Morgan fingerprint density at radius 1 is 1.22 bits per heavy atom. The van der Waals surface area contributed by atoms with E-state index < -0.39 is 0 Å². The zero-order valence-electron chi connectivity index (χ0n) is 12.0. The van der Waals surface area contributed by atoms with Crippen molar-refractivity contribution in [1.82, 2.24) is 15.1 Å². The third-order valence-corrected chi connectivity index (χ3v) is 5.74. The summed E-state index contributed by atoms with van der Waals surface area (Å²) >= 11 is 2.21. The minimum atomic E-state index is 0.780. The van der Waals surface area contributed by atoms with Crippen molar-refractivity contribution in [3.8, 4) is 0 Å². The fourth-order valence-electron chi connectivity index (χ4n) is 2.96. The van der Waals surface area contributed by atoms with E-state index in [0.29, 0.717) is 0 Å². The van der Waals surface area contributed by atoms with Crippen LogP contribution in [0.15, 0.2) is 0 Å². The first-order valence-electron chi connectivity index (χ1n) is 7.54. The quantitative estimate of drug-likeness (QED) is 0.816. The Balaban J connectivity index is 1.61. The highest BCUT2D eigenvalue weighted by atomic mass is 32.2. The molecule has 0 aliphatic carbocycles. The molecular formula is C14H29N3S. The monoisotopic (exact) mass is 271 g/mol. The van der Waals surface area contributed by atoms with Gasteiger partial charge in [0.1, 0.15) is 0 Å². The third-order valence-electron chi connectivity index (χ3n) is 4.38. The second-order valence-electron chi connectivity index (χ2n) is 5.66. The highest BCUT2D eigenvalue weighted by Gasteiger charge is 2.22. The summed E-state index contributed by atoms with van der Waals surface area (Å²) in [5.41, 5.74) is 0. The Morgan fingerprint density at radius 3 is 2.72 bits per heavy atom. The van der Waals surface area contributed by atoms with Crippen LogP contribution in [0.1, 0.15) is 26.2 Å². The van der Waals surface area contributed by atoms with Crippen LogP contribution in [0.5, 0.6) is 0 Å². The van der Waals surface area contributed by atoms with E-state index in [9.17, 15) is 0 Å². The molecule has 1 atom stereocenters. The maximum atomic E-state index is 3.44. The van der Waals surface area contributed by atoms with E-state index in [1.54, 1.807) is 0 Å². The smallest absolute Gasteiger partial charge is 0.0218 e. The maximum Gasteiger partial charge on any atom is 0.0218 e. The van der Waals surface area contributed by atoms with Crippen molar-refractivity contribution < 1.29 is 0 Å². The van der Waals surface area contributed by atoms with Crippen LogP contribution in [-0.4, -0.2) is 73.2 Å². The van der Waals surface area contributed by atoms with Gasteiger partial charge in [-0.25, -0.2) is 0 Å². The van der Waals surface area contributed by atoms with Crippen LogP contribution in [0.2, 0.25) is 0 Å². The topological polar surface area (TPSA) is 18.5 Å². The van der Waals surface area contributed by atoms with E-state index in [1.165, 1.54) is 64.3 Å². The molecule has 2 aliphatic rings. The summed E-state index contributed by atoms with van der Waals surface area (Å²) in [5.74, 6) is 1.32. The van der Waals surface area contributed by atoms with Gasteiger partial charge in [0.15, 0.2) is 0 Å². The predicted molar refractivity (Wildman–Crippen MR) is 81.5 cm³/mol. The van der Waals surface area contributed by atoms with Crippen molar-refractivity contribution in [3.63, 3.8) is 0 Å². The summed E-state index contributed by atoms with van der Waals surface area (Å²) in [6, 6.07) is 0.780. The molecule has 18 heavy (non-hydrogen) atoms. The predicted octanol–water partition coefficient (Wildman–Crippen LogP) is 1.50. The molecule has 1 N–H and O–H groups in total. The van der Waals surface area contributed by atoms with Crippen LogP contribution < -0.4 is 5.32 Å². The SMILES string of the molecule is CCC1CN(CCSC2CCNCC2)CCN1C. The molecule has 0 saturated carbocycles. The van der Waals surface area contributed by atoms with Crippen molar-refractivity contribution in [2.45, 2.75) is 37.5 Å². The number of piperazine rings is 1. The van der Waals surface area contributed by atoms with Gasteiger partial charge < -0.3 is 10.2 Å². The van der Waals surface area contributed by atoms with Crippen molar-refractivity contribution in [2.24, 2.45) is 0 Å². The normalized spacial score (nSPS) is 28.7. The molecule has 0 aromatic rings. The van der Waals surface area contributed by atoms with Gasteiger partial charge in [0.2, 0.25) is 0 Å². The number of piperidine rings is 1. The lowest BCUT2D eigenvalue weighted by Gasteiger charge is -2.39. The van der Waals surface area contributed by atoms with Crippen LogP contribution in [0.4, 0.5) is 0 Å². The molecular weight excluding hydrogens is 242 g/mol. The second-order valence-corrected chi connectivity index (χ2v) is 7.07. The molecule has 4 heteroatoms. The molecule has 2 aliphatic heterocycles. The van der Waals surface area contributed by atoms with Crippen LogP contribution in [0.25, 0.3) is 0 Å². The van der Waals surface area contributed by atoms with E-state index in [0.717, 1.165) is 11.3 Å². The van der Waals surface area contributed by atoms with Gasteiger partial charge in [0.05, 0.1) is 0 Å². The number of thioether (sulfide) groups is 1. The Kier molecular flexibility index (Phi) is 6.29. The van der Waals surface area contributed by atoms with Gasteiger partial charge >= 0.3 is 0 Å². The van der Waals surface area contributed by atoms with Crippen LogP contribution >= 0.6 is 11.8 Å². The molecule has 0 aromatic carbocycles. The molecule has 0 radical (unpaired) electrons. The van der Waals surface area contributed by atoms with Gasteiger partial charge in [0, 0.05) is 43.2 Å². The third kappa shape index (κ3) is 4.41. The van der Waals surface area contributed by atoms with Crippen LogP contribution in [-0.2, 0) is 0 Å². The molecule has 106 valence electrons. The van der Waals surface area contributed by atoms with Gasteiger partial charge in [0.25, 0.3) is 0 Å². The summed E-state index contributed by atoms with van der Waals surface area (Å²) in [6.45, 7) is 9.84. The standard InChI is InChI=1S/C14H29N3S/c1-3-13-12-17(9-8-16(13)2)10-11-18-14-4-6-15-7-5-14/h13-15H,3-12H2,1-2H3. The molecule has 2 saturated heterocycles. The van der Waals surface area contributed by atoms with Gasteiger partial charge in [-0.15, -0.1) is 0 Å². The molecule has 3 nitrogen and oxygen atoms in total. The lowest BCUT2D eigenvalue weighted by Crippen LogP contribution is -2.51. The zero-order valence-corrected chi connectivity index (χ0v) is 12.8. The van der Waals surface area contributed by atoms with Gasteiger partial charge in [-0.05, 0) is 39.4 Å². The summed E-state index contributed by atoms with van der Waals surface area (Å²) < 4.78 is 0. The van der Waals surface area contributed by atoms with E-state index >= 15 is 0 Å². The minimum absolute atomic E-state index is 0.780. The van der Waals surface area contributed by atoms with Crippen LogP contribution in [0.3, 0.4) is 0 Å². The van der Waals surface area contributed by atoms with Crippen molar-refractivity contribution in [1.29, 1.82) is 0 Å². The first-order chi connectivity index (χ1) is 8.79.